The van der Waals surface area contributed by atoms with Crippen LogP contribution in [0.2, 0.25) is 0 Å². The zero-order valence-corrected chi connectivity index (χ0v) is 8.71. The third-order valence-corrected chi connectivity index (χ3v) is 2.71. The molecule has 1 aliphatic rings. The summed E-state index contributed by atoms with van der Waals surface area (Å²) < 4.78 is 28.3. The Morgan fingerprint density at radius 3 is 2.69 bits per heavy atom. The van der Waals surface area contributed by atoms with Crippen LogP contribution in [-0.2, 0) is 6.42 Å². The molecule has 0 saturated carbocycles. The van der Waals surface area contributed by atoms with Crippen molar-refractivity contribution in [2.24, 2.45) is 0 Å². The highest BCUT2D eigenvalue weighted by Crippen LogP contribution is 2.25. The molecular weight excluding hydrogens is 214 g/mol. The minimum atomic E-state index is -2.85. The molecular formula is C12H12F2O2. The largest absolute Gasteiger partial charge is 0.435 e. The van der Waals surface area contributed by atoms with Crippen molar-refractivity contribution in [1.82, 2.24) is 0 Å². The third-order valence-electron chi connectivity index (χ3n) is 2.71. The number of carbonyl (C=O) groups is 1. The lowest BCUT2D eigenvalue weighted by molar-refractivity contribution is -0.0498. The number of ketones is 1. The highest BCUT2D eigenvalue weighted by Gasteiger charge is 2.16. The van der Waals surface area contributed by atoms with E-state index in [1.165, 1.54) is 12.1 Å². The van der Waals surface area contributed by atoms with Crippen molar-refractivity contribution in [2.75, 3.05) is 0 Å². The molecule has 0 atom stereocenters. The van der Waals surface area contributed by atoms with Crippen molar-refractivity contribution < 1.29 is 18.3 Å². The van der Waals surface area contributed by atoms with E-state index < -0.39 is 6.61 Å². The molecule has 1 aromatic carbocycles. The average Bonchev–Trinajstić information content (AvgIpc) is 2.41. The van der Waals surface area contributed by atoms with E-state index in [4.69, 9.17) is 0 Å². The zero-order valence-electron chi connectivity index (χ0n) is 8.71. The van der Waals surface area contributed by atoms with E-state index in [0.29, 0.717) is 12.0 Å². The number of benzene rings is 1. The molecule has 0 fully saturated rings. The number of ether oxygens (including phenoxy) is 1. The van der Waals surface area contributed by atoms with Gasteiger partial charge in [-0.25, -0.2) is 0 Å². The number of hydrogen-bond acceptors (Lipinski definition) is 2. The maximum absolute atomic E-state index is 12.0. The summed E-state index contributed by atoms with van der Waals surface area (Å²) in [5.41, 5.74) is 1.47. The Morgan fingerprint density at radius 1 is 1.19 bits per heavy atom. The molecule has 0 N–H and O–H groups in total. The number of hydrogen-bond donors (Lipinski definition) is 0. The van der Waals surface area contributed by atoms with Gasteiger partial charge in [-0.3, -0.25) is 4.79 Å². The quantitative estimate of drug-likeness (QED) is 0.724. The molecule has 1 aliphatic carbocycles. The number of fused-ring (bicyclic) bond motifs is 1. The summed E-state index contributed by atoms with van der Waals surface area (Å²) in [7, 11) is 0. The number of rotatable bonds is 2. The number of alkyl halides is 2. The molecule has 16 heavy (non-hydrogen) atoms. The first-order valence-electron chi connectivity index (χ1n) is 5.28. The van der Waals surface area contributed by atoms with Crippen molar-refractivity contribution in [3.8, 4) is 5.75 Å². The smallest absolute Gasteiger partial charge is 0.387 e. The van der Waals surface area contributed by atoms with E-state index in [1.54, 1.807) is 6.07 Å². The van der Waals surface area contributed by atoms with Crippen molar-refractivity contribution in [1.29, 1.82) is 0 Å². The molecule has 0 amide bonds. The van der Waals surface area contributed by atoms with E-state index in [0.717, 1.165) is 24.8 Å². The average molecular weight is 226 g/mol. The zero-order chi connectivity index (χ0) is 11.5. The van der Waals surface area contributed by atoms with Gasteiger partial charge in [0.1, 0.15) is 5.75 Å². The SMILES string of the molecule is O=C1CCCCc2ccc(OC(F)F)cc21. The van der Waals surface area contributed by atoms with Gasteiger partial charge >= 0.3 is 6.61 Å². The molecule has 0 aliphatic heterocycles. The number of aryl methyl sites for hydroxylation is 1. The molecule has 0 aromatic heterocycles. The van der Waals surface area contributed by atoms with Gasteiger partial charge in [0, 0.05) is 12.0 Å². The summed E-state index contributed by atoms with van der Waals surface area (Å²) >= 11 is 0. The van der Waals surface area contributed by atoms with Gasteiger partial charge in [0.25, 0.3) is 0 Å². The monoisotopic (exact) mass is 226 g/mol. The molecule has 2 rings (SSSR count). The van der Waals surface area contributed by atoms with Gasteiger partial charge < -0.3 is 4.74 Å². The van der Waals surface area contributed by atoms with Gasteiger partial charge in [0.05, 0.1) is 0 Å². The minimum absolute atomic E-state index is 0.0206. The molecule has 0 saturated heterocycles. The Hall–Kier alpha value is -1.45. The van der Waals surface area contributed by atoms with Crippen LogP contribution in [0.3, 0.4) is 0 Å². The van der Waals surface area contributed by atoms with Gasteiger partial charge in [-0.1, -0.05) is 6.07 Å². The number of halogens is 2. The fraction of sp³-hybridized carbons (Fsp3) is 0.417. The fourth-order valence-electron chi connectivity index (χ4n) is 1.94. The summed E-state index contributed by atoms with van der Waals surface area (Å²) in [6.45, 7) is -2.85. The van der Waals surface area contributed by atoms with E-state index in [-0.39, 0.29) is 11.5 Å². The van der Waals surface area contributed by atoms with Crippen LogP contribution in [-0.4, -0.2) is 12.4 Å². The predicted molar refractivity (Wildman–Crippen MR) is 55.0 cm³/mol. The van der Waals surface area contributed by atoms with Crippen LogP contribution >= 0.6 is 0 Å². The summed E-state index contributed by atoms with van der Waals surface area (Å²) in [5.74, 6) is 0.0798. The summed E-state index contributed by atoms with van der Waals surface area (Å²) in [6.07, 6.45) is 3.15. The lowest BCUT2D eigenvalue weighted by Crippen LogP contribution is -2.05. The second kappa shape index (κ2) is 4.60. The normalized spacial score (nSPS) is 15.8. The van der Waals surface area contributed by atoms with Gasteiger partial charge in [-0.05, 0) is 37.0 Å². The van der Waals surface area contributed by atoms with Gasteiger partial charge in [0.15, 0.2) is 5.78 Å². The topological polar surface area (TPSA) is 26.3 Å². The number of carbonyl (C=O) groups excluding carboxylic acids is 1. The van der Waals surface area contributed by atoms with Crippen molar-refractivity contribution in [2.45, 2.75) is 32.3 Å². The van der Waals surface area contributed by atoms with E-state index in [1.807, 2.05) is 0 Å². The van der Waals surface area contributed by atoms with Crippen LogP contribution in [0.4, 0.5) is 8.78 Å². The van der Waals surface area contributed by atoms with Crippen molar-refractivity contribution in [3.63, 3.8) is 0 Å². The van der Waals surface area contributed by atoms with Crippen molar-refractivity contribution in [3.05, 3.63) is 29.3 Å². The highest BCUT2D eigenvalue weighted by atomic mass is 19.3. The Balaban J connectivity index is 2.31. The second-order valence-electron chi connectivity index (χ2n) is 3.83. The first-order chi connectivity index (χ1) is 7.66. The van der Waals surface area contributed by atoms with Crippen molar-refractivity contribution >= 4 is 5.78 Å². The number of Topliss-reactive ketones (excluding diaryl/α,β-unsaturated/α-hetero) is 1. The van der Waals surface area contributed by atoms with Crippen LogP contribution in [0.15, 0.2) is 18.2 Å². The molecule has 0 spiro atoms. The van der Waals surface area contributed by atoms with Crippen LogP contribution in [0.25, 0.3) is 0 Å². The molecule has 0 radical (unpaired) electrons. The van der Waals surface area contributed by atoms with E-state index >= 15 is 0 Å². The highest BCUT2D eigenvalue weighted by molar-refractivity contribution is 5.98. The van der Waals surface area contributed by atoms with Crippen LogP contribution < -0.4 is 4.74 Å². The van der Waals surface area contributed by atoms with Crippen LogP contribution in [0, 0.1) is 0 Å². The first kappa shape index (κ1) is 11.0. The second-order valence-corrected chi connectivity index (χ2v) is 3.83. The maximum atomic E-state index is 12.0. The lowest BCUT2D eigenvalue weighted by atomic mass is 10.0. The Bertz CT molecular complexity index is 402. The molecule has 2 nitrogen and oxygen atoms in total. The van der Waals surface area contributed by atoms with E-state index in [2.05, 4.69) is 4.74 Å². The molecule has 0 bridgehead atoms. The van der Waals surface area contributed by atoms with Crippen LogP contribution in [0.5, 0.6) is 5.75 Å². The Labute approximate surface area is 92.2 Å². The first-order valence-corrected chi connectivity index (χ1v) is 5.28. The van der Waals surface area contributed by atoms with Gasteiger partial charge in [0.2, 0.25) is 0 Å². The summed E-state index contributed by atoms with van der Waals surface area (Å²) in [4.78, 5) is 11.7. The lowest BCUT2D eigenvalue weighted by Gasteiger charge is -2.08. The Morgan fingerprint density at radius 2 is 1.94 bits per heavy atom. The molecule has 0 heterocycles. The summed E-state index contributed by atoms with van der Waals surface area (Å²) in [5, 5.41) is 0. The van der Waals surface area contributed by atoms with Gasteiger partial charge in [-0.15, -0.1) is 0 Å². The summed E-state index contributed by atoms with van der Waals surface area (Å²) in [6, 6.07) is 4.62. The fourth-order valence-corrected chi connectivity index (χ4v) is 1.94. The van der Waals surface area contributed by atoms with E-state index in [9.17, 15) is 13.6 Å². The van der Waals surface area contributed by atoms with Crippen LogP contribution in [0.1, 0.15) is 35.2 Å². The minimum Gasteiger partial charge on any atom is -0.435 e. The maximum Gasteiger partial charge on any atom is 0.387 e. The Kier molecular flexibility index (Phi) is 3.17. The van der Waals surface area contributed by atoms with Gasteiger partial charge in [-0.2, -0.15) is 8.78 Å². The molecule has 86 valence electrons. The molecule has 4 heteroatoms. The standard InChI is InChI=1S/C12H12F2O2/c13-12(14)16-9-6-5-8-3-1-2-4-11(15)10(8)7-9/h5-7,12H,1-4H2. The molecule has 1 aromatic rings. The third kappa shape index (κ3) is 2.38. The predicted octanol–water partition coefficient (Wildman–Crippen LogP) is 3.20. The molecule has 0 unspecified atom stereocenters.